The standard InChI is InChI=1S/C17H26N2OS/c1-12(9-10-21-4)19(3)15(11-18)17-13(2)20-16-8-6-5-7-14(16)17/h5-8,12,15H,9-11,18H2,1-4H3. The molecule has 0 aliphatic heterocycles. The second-order valence-corrected chi connectivity index (χ2v) is 6.60. The van der Waals surface area contributed by atoms with Gasteiger partial charge in [0.15, 0.2) is 0 Å². The molecule has 0 amide bonds. The van der Waals surface area contributed by atoms with E-state index in [0.29, 0.717) is 12.6 Å². The number of furan rings is 1. The zero-order chi connectivity index (χ0) is 15.4. The molecule has 1 aromatic carbocycles. The SMILES string of the molecule is CSCCC(C)N(C)C(CN)c1c(C)oc2ccccc12. The summed E-state index contributed by atoms with van der Waals surface area (Å²) in [5.74, 6) is 2.16. The first-order chi connectivity index (χ1) is 10.1. The largest absolute Gasteiger partial charge is 0.461 e. The maximum atomic E-state index is 6.10. The summed E-state index contributed by atoms with van der Waals surface area (Å²) in [5, 5.41) is 1.19. The molecular weight excluding hydrogens is 280 g/mol. The Balaban J connectivity index is 2.33. The third-order valence-corrected chi connectivity index (χ3v) is 4.95. The highest BCUT2D eigenvalue weighted by Crippen LogP contribution is 2.33. The Morgan fingerprint density at radius 1 is 1.33 bits per heavy atom. The maximum Gasteiger partial charge on any atom is 0.134 e. The van der Waals surface area contributed by atoms with Crippen molar-refractivity contribution >= 4 is 22.7 Å². The summed E-state index contributed by atoms with van der Waals surface area (Å²) >= 11 is 1.89. The number of aryl methyl sites for hydroxylation is 1. The summed E-state index contributed by atoms with van der Waals surface area (Å²) in [6, 6.07) is 8.92. The lowest BCUT2D eigenvalue weighted by atomic mass is 10.00. The molecule has 0 radical (unpaired) electrons. The Hall–Kier alpha value is -0.970. The van der Waals surface area contributed by atoms with Crippen LogP contribution < -0.4 is 5.73 Å². The summed E-state index contributed by atoms with van der Waals surface area (Å²) in [7, 11) is 2.17. The van der Waals surface area contributed by atoms with Gasteiger partial charge >= 0.3 is 0 Å². The van der Waals surface area contributed by atoms with Gasteiger partial charge < -0.3 is 10.2 Å². The smallest absolute Gasteiger partial charge is 0.134 e. The van der Waals surface area contributed by atoms with Gasteiger partial charge in [0.2, 0.25) is 0 Å². The quantitative estimate of drug-likeness (QED) is 0.844. The van der Waals surface area contributed by atoms with Gasteiger partial charge in [0.1, 0.15) is 11.3 Å². The van der Waals surface area contributed by atoms with Gasteiger partial charge in [-0.2, -0.15) is 11.8 Å². The van der Waals surface area contributed by atoms with Crippen molar-refractivity contribution in [2.45, 2.75) is 32.4 Å². The van der Waals surface area contributed by atoms with E-state index in [1.807, 2.05) is 30.8 Å². The van der Waals surface area contributed by atoms with Gasteiger partial charge in [-0.3, -0.25) is 4.90 Å². The monoisotopic (exact) mass is 306 g/mol. The zero-order valence-corrected chi connectivity index (χ0v) is 14.2. The second-order valence-electron chi connectivity index (χ2n) is 5.62. The van der Waals surface area contributed by atoms with Crippen molar-refractivity contribution in [1.82, 2.24) is 4.90 Å². The number of thioether (sulfide) groups is 1. The number of para-hydroxylation sites is 1. The fourth-order valence-corrected chi connectivity index (χ4v) is 3.47. The van der Waals surface area contributed by atoms with E-state index in [0.717, 1.165) is 11.3 Å². The van der Waals surface area contributed by atoms with Crippen LogP contribution in [0.25, 0.3) is 11.0 Å². The normalized spacial score (nSPS) is 14.8. The molecule has 3 nitrogen and oxygen atoms in total. The lowest BCUT2D eigenvalue weighted by Crippen LogP contribution is -2.37. The molecule has 0 bridgehead atoms. The number of hydrogen-bond acceptors (Lipinski definition) is 4. The fraction of sp³-hybridized carbons (Fsp3) is 0.529. The molecule has 2 aromatic rings. The molecular formula is C17H26N2OS. The summed E-state index contributed by atoms with van der Waals surface area (Å²) in [5.41, 5.74) is 8.30. The minimum absolute atomic E-state index is 0.200. The van der Waals surface area contributed by atoms with Crippen molar-refractivity contribution in [3.63, 3.8) is 0 Å². The van der Waals surface area contributed by atoms with E-state index in [4.69, 9.17) is 10.2 Å². The number of hydrogen-bond donors (Lipinski definition) is 1. The predicted molar refractivity (Wildman–Crippen MR) is 93.0 cm³/mol. The zero-order valence-electron chi connectivity index (χ0n) is 13.4. The van der Waals surface area contributed by atoms with Crippen molar-refractivity contribution < 1.29 is 4.42 Å². The fourth-order valence-electron chi connectivity index (χ4n) is 2.89. The summed E-state index contributed by atoms with van der Waals surface area (Å²) < 4.78 is 5.91. The van der Waals surface area contributed by atoms with Gasteiger partial charge in [-0.05, 0) is 45.4 Å². The molecule has 116 valence electrons. The van der Waals surface area contributed by atoms with Gasteiger partial charge in [0.05, 0.1) is 6.04 Å². The average Bonchev–Trinajstić information content (AvgIpc) is 2.82. The third-order valence-electron chi connectivity index (χ3n) is 4.30. The molecule has 0 saturated heterocycles. The summed E-state index contributed by atoms with van der Waals surface area (Å²) in [6.45, 7) is 4.92. The summed E-state index contributed by atoms with van der Waals surface area (Å²) in [4.78, 5) is 2.39. The Bertz CT molecular complexity index is 581. The highest BCUT2D eigenvalue weighted by Gasteiger charge is 2.25. The van der Waals surface area contributed by atoms with Crippen molar-refractivity contribution in [1.29, 1.82) is 0 Å². The molecule has 21 heavy (non-hydrogen) atoms. The first-order valence-corrected chi connectivity index (χ1v) is 8.88. The van der Waals surface area contributed by atoms with Crippen molar-refractivity contribution in [2.24, 2.45) is 5.73 Å². The van der Waals surface area contributed by atoms with Gasteiger partial charge in [0, 0.05) is 23.5 Å². The van der Waals surface area contributed by atoms with Crippen molar-refractivity contribution in [2.75, 3.05) is 25.6 Å². The molecule has 0 spiro atoms. The van der Waals surface area contributed by atoms with Crippen molar-refractivity contribution in [3.05, 3.63) is 35.6 Å². The first kappa shape index (κ1) is 16.4. The molecule has 2 N–H and O–H groups in total. The maximum absolute atomic E-state index is 6.10. The van der Waals surface area contributed by atoms with E-state index >= 15 is 0 Å². The van der Waals surface area contributed by atoms with E-state index in [1.54, 1.807) is 0 Å². The topological polar surface area (TPSA) is 42.4 Å². The number of nitrogens with two attached hydrogens (primary N) is 1. The van der Waals surface area contributed by atoms with E-state index in [9.17, 15) is 0 Å². The van der Waals surface area contributed by atoms with Crippen LogP contribution in [-0.2, 0) is 0 Å². The molecule has 2 atom stereocenters. The highest BCUT2D eigenvalue weighted by atomic mass is 32.2. The second kappa shape index (κ2) is 7.34. The lowest BCUT2D eigenvalue weighted by Gasteiger charge is -2.32. The highest BCUT2D eigenvalue weighted by molar-refractivity contribution is 7.98. The first-order valence-electron chi connectivity index (χ1n) is 7.49. The third kappa shape index (κ3) is 3.44. The molecule has 2 unspecified atom stereocenters. The average molecular weight is 306 g/mol. The number of rotatable bonds is 7. The van der Waals surface area contributed by atoms with Gasteiger partial charge in [-0.15, -0.1) is 0 Å². The lowest BCUT2D eigenvalue weighted by molar-refractivity contribution is 0.185. The molecule has 0 aliphatic rings. The number of likely N-dealkylation sites (N-methyl/N-ethyl adjacent to an activating group) is 1. The Kier molecular flexibility index (Phi) is 5.73. The van der Waals surface area contributed by atoms with Gasteiger partial charge in [0.25, 0.3) is 0 Å². The predicted octanol–water partition coefficient (Wildman–Crippen LogP) is 3.81. The van der Waals surface area contributed by atoms with Crippen molar-refractivity contribution in [3.8, 4) is 0 Å². The number of benzene rings is 1. The van der Waals surface area contributed by atoms with E-state index in [-0.39, 0.29) is 6.04 Å². The number of fused-ring (bicyclic) bond motifs is 1. The van der Waals surface area contributed by atoms with Crippen LogP contribution in [0.2, 0.25) is 0 Å². The number of nitrogens with zero attached hydrogens (tertiary/aromatic N) is 1. The Morgan fingerprint density at radius 3 is 2.71 bits per heavy atom. The molecule has 4 heteroatoms. The molecule has 2 rings (SSSR count). The minimum atomic E-state index is 0.200. The van der Waals surface area contributed by atoms with Crippen LogP contribution in [0.5, 0.6) is 0 Å². The molecule has 1 aromatic heterocycles. The molecule has 1 heterocycles. The van der Waals surface area contributed by atoms with Crippen LogP contribution in [0.15, 0.2) is 28.7 Å². The Morgan fingerprint density at radius 2 is 2.05 bits per heavy atom. The minimum Gasteiger partial charge on any atom is -0.461 e. The van der Waals surface area contributed by atoms with E-state index in [2.05, 4.69) is 37.3 Å². The van der Waals surface area contributed by atoms with E-state index < -0.39 is 0 Å². The van der Waals surface area contributed by atoms with Gasteiger partial charge in [-0.25, -0.2) is 0 Å². The Labute approximate surface area is 131 Å². The van der Waals surface area contributed by atoms with Crippen LogP contribution in [-0.4, -0.2) is 36.5 Å². The van der Waals surface area contributed by atoms with Crippen LogP contribution in [0, 0.1) is 6.92 Å². The molecule has 0 aliphatic carbocycles. The van der Waals surface area contributed by atoms with Crippen LogP contribution in [0.3, 0.4) is 0 Å². The van der Waals surface area contributed by atoms with Gasteiger partial charge in [-0.1, -0.05) is 18.2 Å². The molecule has 0 fully saturated rings. The van der Waals surface area contributed by atoms with Crippen LogP contribution >= 0.6 is 11.8 Å². The summed E-state index contributed by atoms with van der Waals surface area (Å²) in [6.07, 6.45) is 3.32. The molecule has 0 saturated carbocycles. The van der Waals surface area contributed by atoms with Crippen LogP contribution in [0.1, 0.15) is 30.7 Å². The van der Waals surface area contributed by atoms with E-state index in [1.165, 1.54) is 23.1 Å². The van der Waals surface area contributed by atoms with Crippen LogP contribution in [0.4, 0.5) is 0 Å².